The number of hydrogen-bond donors (Lipinski definition) is 1. The summed E-state index contributed by atoms with van der Waals surface area (Å²) in [7, 11) is 0. The Bertz CT molecular complexity index is 195. The van der Waals surface area contributed by atoms with E-state index in [1.165, 1.54) is 19.3 Å². The van der Waals surface area contributed by atoms with Gasteiger partial charge in [0.1, 0.15) is 0 Å². The van der Waals surface area contributed by atoms with E-state index in [0.717, 1.165) is 19.3 Å². The summed E-state index contributed by atoms with van der Waals surface area (Å²) in [5.74, 6) is 0. The second kappa shape index (κ2) is 5.50. The zero-order valence-electron chi connectivity index (χ0n) is 11.4. The van der Waals surface area contributed by atoms with Crippen LogP contribution >= 0.6 is 0 Å². The van der Waals surface area contributed by atoms with Crippen LogP contribution < -0.4 is 0 Å². The molecule has 96 valence electrons. The Hall–Kier alpha value is -0.0800. The lowest BCUT2D eigenvalue weighted by Crippen LogP contribution is -2.49. The van der Waals surface area contributed by atoms with E-state index < -0.39 is 0 Å². The minimum absolute atomic E-state index is 0.0114. The van der Waals surface area contributed by atoms with E-state index in [2.05, 4.69) is 27.7 Å². The highest BCUT2D eigenvalue weighted by molar-refractivity contribution is 4.95. The first kappa shape index (κ1) is 14.0. The summed E-state index contributed by atoms with van der Waals surface area (Å²) < 4.78 is 6.29. The Morgan fingerprint density at radius 1 is 1.19 bits per heavy atom. The van der Waals surface area contributed by atoms with Crippen molar-refractivity contribution in [2.24, 2.45) is 5.41 Å². The summed E-state index contributed by atoms with van der Waals surface area (Å²) in [6, 6.07) is 0. The molecule has 1 aliphatic carbocycles. The molecule has 1 aliphatic rings. The van der Waals surface area contributed by atoms with Gasteiger partial charge < -0.3 is 9.84 Å². The van der Waals surface area contributed by atoms with Crippen molar-refractivity contribution in [3.63, 3.8) is 0 Å². The van der Waals surface area contributed by atoms with Crippen LogP contribution in [0.15, 0.2) is 0 Å². The fourth-order valence-electron chi connectivity index (χ4n) is 2.74. The van der Waals surface area contributed by atoms with Crippen LogP contribution in [0.25, 0.3) is 0 Å². The monoisotopic (exact) mass is 228 g/mol. The van der Waals surface area contributed by atoms with Gasteiger partial charge in [-0.25, -0.2) is 0 Å². The maximum absolute atomic E-state index is 9.31. The Balaban J connectivity index is 2.78. The van der Waals surface area contributed by atoms with Gasteiger partial charge in [-0.2, -0.15) is 0 Å². The van der Waals surface area contributed by atoms with E-state index in [-0.39, 0.29) is 23.7 Å². The van der Waals surface area contributed by atoms with Crippen LogP contribution in [0.1, 0.15) is 66.2 Å². The molecule has 0 aliphatic heterocycles. The molecule has 0 aromatic rings. The first-order chi connectivity index (χ1) is 7.45. The molecule has 2 heteroatoms. The number of aliphatic hydroxyl groups is 1. The average molecular weight is 228 g/mol. The molecule has 0 saturated heterocycles. The Morgan fingerprint density at radius 2 is 1.75 bits per heavy atom. The van der Waals surface area contributed by atoms with Crippen molar-refractivity contribution in [3.05, 3.63) is 0 Å². The number of ether oxygens (including phenoxy) is 1. The molecule has 1 saturated carbocycles. The first-order valence-electron chi connectivity index (χ1n) is 6.74. The molecule has 1 N–H and O–H groups in total. The van der Waals surface area contributed by atoms with Crippen molar-refractivity contribution in [1.82, 2.24) is 0 Å². The molecular weight excluding hydrogens is 200 g/mol. The molecule has 1 fully saturated rings. The summed E-state index contributed by atoms with van der Waals surface area (Å²) in [6.45, 7) is 9.03. The van der Waals surface area contributed by atoms with Gasteiger partial charge in [-0.1, -0.05) is 47.0 Å². The maximum atomic E-state index is 9.31. The summed E-state index contributed by atoms with van der Waals surface area (Å²) in [6.07, 6.45) is 7.06. The Morgan fingerprint density at radius 3 is 2.12 bits per heavy atom. The van der Waals surface area contributed by atoms with Gasteiger partial charge in [0, 0.05) is 0 Å². The molecule has 0 spiro atoms. The molecule has 0 aromatic carbocycles. The third-order valence-electron chi connectivity index (χ3n) is 4.08. The maximum Gasteiger partial charge on any atom is 0.0810 e. The summed E-state index contributed by atoms with van der Waals surface area (Å²) in [4.78, 5) is 0. The normalized spacial score (nSPS) is 23.1. The molecule has 0 aromatic heterocycles. The van der Waals surface area contributed by atoms with Crippen LogP contribution in [0.4, 0.5) is 0 Å². The highest BCUT2D eigenvalue weighted by Crippen LogP contribution is 2.45. The Kier molecular flexibility index (Phi) is 4.81. The van der Waals surface area contributed by atoms with Crippen molar-refractivity contribution in [2.45, 2.75) is 77.9 Å². The smallest absolute Gasteiger partial charge is 0.0810 e. The Labute approximate surface area is 100 Å². The number of hydrogen-bond acceptors (Lipinski definition) is 2. The average Bonchev–Trinajstić information content (AvgIpc) is 2.26. The first-order valence-corrected chi connectivity index (χ1v) is 6.74. The molecular formula is C14H28O2. The van der Waals surface area contributed by atoms with E-state index in [4.69, 9.17) is 4.74 Å². The zero-order chi connectivity index (χ0) is 12.2. The van der Waals surface area contributed by atoms with Gasteiger partial charge in [0.2, 0.25) is 0 Å². The molecule has 16 heavy (non-hydrogen) atoms. The highest BCUT2D eigenvalue weighted by atomic mass is 16.5. The molecule has 0 heterocycles. The standard InChI is InChI=1S/C14H28O2/c1-5-12(11-15)16-14(13(2,3)4)9-7-6-8-10-14/h12,15H,5-11H2,1-4H3. The molecule has 0 amide bonds. The van der Waals surface area contributed by atoms with Crippen molar-refractivity contribution in [2.75, 3.05) is 6.61 Å². The largest absolute Gasteiger partial charge is 0.394 e. The molecule has 1 unspecified atom stereocenters. The molecule has 1 rings (SSSR count). The predicted octanol–water partition coefficient (Wildman–Crippen LogP) is 3.52. The van der Waals surface area contributed by atoms with Gasteiger partial charge in [0.15, 0.2) is 0 Å². The lowest BCUT2D eigenvalue weighted by Gasteiger charge is -2.49. The van der Waals surface area contributed by atoms with E-state index in [9.17, 15) is 5.11 Å². The van der Waals surface area contributed by atoms with Gasteiger partial charge >= 0.3 is 0 Å². The molecule has 2 nitrogen and oxygen atoms in total. The molecule has 0 radical (unpaired) electrons. The summed E-state index contributed by atoms with van der Waals surface area (Å²) in [5.41, 5.74) is 0.144. The van der Waals surface area contributed by atoms with Crippen molar-refractivity contribution in [3.8, 4) is 0 Å². The fraction of sp³-hybridized carbons (Fsp3) is 1.00. The summed E-state index contributed by atoms with van der Waals surface area (Å²) >= 11 is 0. The van der Waals surface area contributed by atoms with E-state index in [0.29, 0.717) is 0 Å². The van der Waals surface area contributed by atoms with Gasteiger partial charge in [0.05, 0.1) is 18.3 Å². The zero-order valence-corrected chi connectivity index (χ0v) is 11.4. The second-order valence-corrected chi connectivity index (χ2v) is 6.14. The summed E-state index contributed by atoms with van der Waals surface area (Å²) in [5, 5.41) is 9.31. The topological polar surface area (TPSA) is 29.5 Å². The number of rotatable bonds is 4. The third kappa shape index (κ3) is 2.98. The lowest BCUT2D eigenvalue weighted by molar-refractivity contribution is -0.180. The second-order valence-electron chi connectivity index (χ2n) is 6.14. The lowest BCUT2D eigenvalue weighted by atomic mass is 9.68. The van der Waals surface area contributed by atoms with Crippen LogP contribution in [0.5, 0.6) is 0 Å². The van der Waals surface area contributed by atoms with E-state index in [1.54, 1.807) is 0 Å². The minimum Gasteiger partial charge on any atom is -0.394 e. The van der Waals surface area contributed by atoms with Crippen molar-refractivity contribution >= 4 is 0 Å². The van der Waals surface area contributed by atoms with Crippen LogP contribution in [-0.4, -0.2) is 23.4 Å². The highest BCUT2D eigenvalue weighted by Gasteiger charge is 2.44. The van der Waals surface area contributed by atoms with Gasteiger partial charge in [0.25, 0.3) is 0 Å². The van der Waals surface area contributed by atoms with Crippen LogP contribution in [-0.2, 0) is 4.74 Å². The van der Waals surface area contributed by atoms with Crippen LogP contribution in [0.3, 0.4) is 0 Å². The third-order valence-corrected chi connectivity index (χ3v) is 4.08. The minimum atomic E-state index is -0.0192. The van der Waals surface area contributed by atoms with Gasteiger partial charge in [-0.15, -0.1) is 0 Å². The molecule has 1 atom stereocenters. The van der Waals surface area contributed by atoms with E-state index >= 15 is 0 Å². The van der Waals surface area contributed by atoms with E-state index in [1.807, 2.05) is 0 Å². The van der Waals surface area contributed by atoms with Crippen LogP contribution in [0.2, 0.25) is 0 Å². The molecule has 0 bridgehead atoms. The number of aliphatic hydroxyl groups excluding tert-OH is 1. The van der Waals surface area contributed by atoms with Crippen molar-refractivity contribution < 1.29 is 9.84 Å². The predicted molar refractivity (Wildman–Crippen MR) is 67.5 cm³/mol. The fourth-order valence-corrected chi connectivity index (χ4v) is 2.74. The van der Waals surface area contributed by atoms with Crippen molar-refractivity contribution in [1.29, 1.82) is 0 Å². The van der Waals surface area contributed by atoms with Gasteiger partial charge in [-0.3, -0.25) is 0 Å². The SMILES string of the molecule is CCC(CO)OC1(C(C)(C)C)CCCCC1. The quantitative estimate of drug-likeness (QED) is 0.797. The van der Waals surface area contributed by atoms with Crippen LogP contribution in [0, 0.1) is 5.41 Å². The van der Waals surface area contributed by atoms with Gasteiger partial charge in [-0.05, 0) is 24.7 Å².